The molecule has 3 atom stereocenters. The topological polar surface area (TPSA) is 80.3 Å². The van der Waals surface area contributed by atoms with Gasteiger partial charge in [-0.1, -0.05) is 43.0 Å². The molecule has 3 aromatic carbocycles. The van der Waals surface area contributed by atoms with Crippen molar-refractivity contribution in [3.63, 3.8) is 0 Å². The summed E-state index contributed by atoms with van der Waals surface area (Å²) < 4.78 is 34.1. The molecule has 0 spiro atoms. The Labute approximate surface area is 330 Å². The minimum atomic E-state index is -0.551. The molecule has 6 rings (SSSR count). The van der Waals surface area contributed by atoms with Crippen LogP contribution < -0.4 is 19.3 Å². The Kier molecular flexibility index (Phi) is 12.2. The molecule has 55 heavy (non-hydrogen) atoms. The fourth-order valence-corrected chi connectivity index (χ4v) is 8.30. The zero-order chi connectivity index (χ0) is 39.6. The van der Waals surface area contributed by atoms with Gasteiger partial charge in [-0.05, 0) is 131 Å². The number of rotatable bonds is 10. The molecule has 1 fully saturated rings. The van der Waals surface area contributed by atoms with E-state index in [0.29, 0.717) is 50.0 Å². The predicted octanol–water partition coefficient (Wildman–Crippen LogP) is 9.14. The minimum Gasteiger partial charge on any atom is -0.497 e. The van der Waals surface area contributed by atoms with Gasteiger partial charge in [-0.15, -0.1) is 0 Å². The molecule has 0 saturated carbocycles. The zero-order valence-electron chi connectivity index (χ0n) is 34.0. The summed E-state index contributed by atoms with van der Waals surface area (Å²) in [5.74, 6) is 2.39. The van der Waals surface area contributed by atoms with Gasteiger partial charge in [0.1, 0.15) is 28.7 Å². The quantitative estimate of drug-likeness (QED) is 0.116. The molecule has 4 aromatic rings. The molecule has 2 aliphatic rings. The SMILES string of the molecule is COc1ccc(CN(Cc2ccc(OC)cc2)c2cc(C)c(C)c(C3Cc4nc(SC)nc(N5CCN(C(=O)OC(C)(C)C)C[C@@H]5C)c4CC3C)c2F)cc1. The second-order valence-electron chi connectivity index (χ2n) is 16.0. The van der Waals surface area contributed by atoms with Gasteiger partial charge in [-0.25, -0.2) is 19.2 Å². The van der Waals surface area contributed by atoms with Crippen LogP contribution in [0, 0.1) is 25.6 Å². The number of methoxy groups -OCH3 is 2. The number of aryl methyl sites for hydroxylation is 1. The number of piperazine rings is 1. The molecule has 0 radical (unpaired) electrons. The van der Waals surface area contributed by atoms with Crippen LogP contribution in [0.15, 0.2) is 59.8 Å². The smallest absolute Gasteiger partial charge is 0.410 e. The Morgan fingerprint density at radius 1 is 0.927 bits per heavy atom. The number of halogens is 1. The number of thioether (sulfide) groups is 1. The summed E-state index contributed by atoms with van der Waals surface area (Å²) in [6.45, 7) is 17.0. The van der Waals surface area contributed by atoms with E-state index in [0.717, 1.165) is 62.8 Å². The van der Waals surface area contributed by atoms with Crippen LogP contribution in [0.1, 0.15) is 79.6 Å². The molecule has 1 saturated heterocycles. The van der Waals surface area contributed by atoms with E-state index in [4.69, 9.17) is 24.2 Å². The summed E-state index contributed by atoms with van der Waals surface area (Å²) in [4.78, 5) is 29.3. The summed E-state index contributed by atoms with van der Waals surface area (Å²) in [7, 11) is 3.32. The summed E-state index contributed by atoms with van der Waals surface area (Å²) in [6.07, 6.45) is 3.05. The van der Waals surface area contributed by atoms with E-state index in [1.54, 1.807) is 19.1 Å². The highest BCUT2D eigenvalue weighted by Crippen LogP contribution is 2.45. The van der Waals surface area contributed by atoms with Crippen molar-refractivity contribution in [1.82, 2.24) is 14.9 Å². The number of nitrogens with zero attached hydrogens (tertiary/aromatic N) is 5. The van der Waals surface area contributed by atoms with Crippen molar-refractivity contribution in [2.24, 2.45) is 5.92 Å². The lowest BCUT2D eigenvalue weighted by Gasteiger charge is -2.42. The number of aromatic nitrogens is 2. The van der Waals surface area contributed by atoms with Crippen LogP contribution in [-0.2, 0) is 30.7 Å². The maximum atomic E-state index is 17.5. The molecule has 11 heteroatoms. The lowest BCUT2D eigenvalue weighted by molar-refractivity contribution is 0.0218. The van der Waals surface area contributed by atoms with E-state index in [1.165, 1.54) is 11.8 Å². The van der Waals surface area contributed by atoms with E-state index < -0.39 is 5.60 Å². The van der Waals surface area contributed by atoms with Gasteiger partial charge in [-0.2, -0.15) is 0 Å². The maximum Gasteiger partial charge on any atom is 0.410 e. The van der Waals surface area contributed by atoms with Crippen molar-refractivity contribution in [2.45, 2.75) is 97.1 Å². The molecular weight excluding hydrogens is 714 g/mol. The number of carbonyl (C=O) groups excluding carboxylic acids is 1. The number of anilines is 2. The van der Waals surface area contributed by atoms with Gasteiger partial charge in [0, 0.05) is 44.3 Å². The van der Waals surface area contributed by atoms with Crippen molar-refractivity contribution in [3.05, 3.63) is 99.5 Å². The van der Waals surface area contributed by atoms with E-state index in [1.807, 2.05) is 81.6 Å². The molecule has 9 nitrogen and oxygen atoms in total. The van der Waals surface area contributed by atoms with E-state index in [2.05, 4.69) is 37.5 Å². The highest BCUT2D eigenvalue weighted by atomic mass is 32.2. The molecule has 294 valence electrons. The number of hydrogen-bond donors (Lipinski definition) is 0. The second kappa shape index (κ2) is 16.7. The van der Waals surface area contributed by atoms with Crippen molar-refractivity contribution < 1.29 is 23.4 Å². The first-order valence-corrected chi connectivity index (χ1v) is 20.4. The zero-order valence-corrected chi connectivity index (χ0v) is 34.8. The van der Waals surface area contributed by atoms with Crippen LogP contribution >= 0.6 is 11.8 Å². The average molecular weight is 770 g/mol. The third kappa shape index (κ3) is 8.98. The Balaban J connectivity index is 1.34. The number of benzene rings is 3. The minimum absolute atomic E-state index is 0.0319. The lowest BCUT2D eigenvalue weighted by atomic mass is 9.73. The van der Waals surface area contributed by atoms with Crippen molar-refractivity contribution in [3.8, 4) is 11.5 Å². The first-order chi connectivity index (χ1) is 26.2. The maximum absolute atomic E-state index is 17.5. The summed E-state index contributed by atoms with van der Waals surface area (Å²) in [5, 5.41) is 0.705. The third-order valence-corrected chi connectivity index (χ3v) is 11.5. The summed E-state index contributed by atoms with van der Waals surface area (Å²) in [5.41, 5.74) is 7.09. The molecule has 0 N–H and O–H groups in total. The molecule has 1 aromatic heterocycles. The van der Waals surface area contributed by atoms with Gasteiger partial charge in [0.2, 0.25) is 0 Å². The highest BCUT2D eigenvalue weighted by molar-refractivity contribution is 7.98. The molecule has 2 heterocycles. The molecule has 1 amide bonds. The van der Waals surface area contributed by atoms with Gasteiger partial charge in [-0.3, -0.25) is 0 Å². The summed E-state index contributed by atoms with van der Waals surface area (Å²) in [6, 6.07) is 18.0. The molecule has 0 bridgehead atoms. The van der Waals surface area contributed by atoms with Crippen molar-refractivity contribution >= 4 is 29.4 Å². The van der Waals surface area contributed by atoms with Crippen LogP contribution in [0.3, 0.4) is 0 Å². The first-order valence-electron chi connectivity index (χ1n) is 19.2. The van der Waals surface area contributed by atoms with Crippen molar-refractivity contribution in [2.75, 3.05) is 49.9 Å². The fourth-order valence-electron chi connectivity index (χ4n) is 7.92. The first kappa shape index (κ1) is 40.2. The Hall–Kier alpha value is -4.51. The van der Waals surface area contributed by atoms with Crippen LogP contribution in [0.2, 0.25) is 0 Å². The predicted molar refractivity (Wildman–Crippen MR) is 219 cm³/mol. The van der Waals surface area contributed by atoms with E-state index >= 15 is 4.39 Å². The lowest BCUT2D eigenvalue weighted by Crippen LogP contribution is -2.55. The number of carbonyl (C=O) groups is 1. The number of amides is 1. The third-order valence-electron chi connectivity index (χ3n) is 11.0. The van der Waals surface area contributed by atoms with Crippen LogP contribution in [0.5, 0.6) is 11.5 Å². The van der Waals surface area contributed by atoms with Crippen molar-refractivity contribution in [1.29, 1.82) is 0 Å². The number of ether oxygens (including phenoxy) is 3. The molecule has 1 aliphatic carbocycles. The van der Waals surface area contributed by atoms with E-state index in [-0.39, 0.29) is 29.8 Å². The van der Waals surface area contributed by atoms with E-state index in [9.17, 15) is 4.79 Å². The standard InChI is InChI=1S/C44H56FN5O4S/c1-27-22-38(49(25-31-11-15-33(52-8)16-12-31)26-32-13-17-34(53-9)18-14-32)40(45)39(30(27)4)35-23-37-36(21-28(35)2)41(47-42(46-37)55-10)50-20-19-48(24-29(50)3)43(51)54-44(5,6)7/h11-18,22,28-29,35H,19-21,23-26H2,1-10H3/t28?,29-,35?/m0/s1. The molecular formula is C44H56FN5O4S. The van der Waals surface area contributed by atoms with Gasteiger partial charge >= 0.3 is 6.09 Å². The fraction of sp³-hybridized carbons (Fsp3) is 0.477. The second-order valence-corrected chi connectivity index (χ2v) is 16.8. The van der Waals surface area contributed by atoms with Crippen LogP contribution in [0.25, 0.3) is 0 Å². The Bertz CT molecular complexity index is 1940. The average Bonchev–Trinajstić information content (AvgIpc) is 3.16. The van der Waals surface area contributed by atoms with Crippen LogP contribution in [-0.4, -0.2) is 72.7 Å². The van der Waals surface area contributed by atoms with Gasteiger partial charge < -0.3 is 28.9 Å². The monoisotopic (exact) mass is 769 g/mol. The largest absolute Gasteiger partial charge is 0.497 e. The van der Waals surface area contributed by atoms with Crippen LogP contribution in [0.4, 0.5) is 20.7 Å². The van der Waals surface area contributed by atoms with Gasteiger partial charge in [0.05, 0.1) is 25.6 Å². The number of fused-ring (bicyclic) bond motifs is 1. The normalized spacial score (nSPS) is 18.5. The molecule has 2 unspecified atom stereocenters. The summed E-state index contributed by atoms with van der Waals surface area (Å²) >= 11 is 1.52. The highest BCUT2D eigenvalue weighted by Gasteiger charge is 2.38. The van der Waals surface area contributed by atoms with Gasteiger partial charge in [0.25, 0.3) is 0 Å². The van der Waals surface area contributed by atoms with Gasteiger partial charge in [0.15, 0.2) is 5.16 Å². The Morgan fingerprint density at radius 3 is 2.05 bits per heavy atom. The Morgan fingerprint density at radius 2 is 1.53 bits per heavy atom. The number of hydrogen-bond acceptors (Lipinski definition) is 9. The molecule has 1 aliphatic heterocycles.